The summed E-state index contributed by atoms with van der Waals surface area (Å²) < 4.78 is 40.9. The van der Waals surface area contributed by atoms with Crippen molar-refractivity contribution < 1.29 is 12.8 Å². The van der Waals surface area contributed by atoms with Crippen molar-refractivity contribution in [3.8, 4) is 6.07 Å². The van der Waals surface area contributed by atoms with E-state index in [2.05, 4.69) is 15.9 Å². The maximum atomic E-state index is 14.0. The quantitative estimate of drug-likeness (QED) is 0.828. The van der Waals surface area contributed by atoms with Crippen LogP contribution >= 0.6 is 15.9 Å². The van der Waals surface area contributed by atoms with Gasteiger partial charge in [-0.15, -0.1) is 0 Å². The van der Waals surface area contributed by atoms with Crippen molar-refractivity contribution in [1.29, 1.82) is 5.26 Å². The second-order valence-electron chi connectivity index (χ2n) is 5.28. The van der Waals surface area contributed by atoms with Gasteiger partial charge in [0.1, 0.15) is 16.3 Å². The predicted molar refractivity (Wildman–Crippen MR) is 75.8 cm³/mol. The molecule has 1 fully saturated rings. The summed E-state index contributed by atoms with van der Waals surface area (Å²) in [5, 5.41) is 9.21. The first kappa shape index (κ1) is 15.4. The number of hydrogen-bond acceptors (Lipinski definition) is 3. The lowest BCUT2D eigenvalue weighted by Gasteiger charge is -2.32. The van der Waals surface area contributed by atoms with Crippen LogP contribution in [0.2, 0.25) is 0 Å². The first-order chi connectivity index (χ1) is 9.20. The number of nitrogens with zero attached hydrogens (tertiary/aromatic N) is 2. The van der Waals surface area contributed by atoms with E-state index < -0.39 is 26.3 Å². The lowest BCUT2D eigenvalue weighted by molar-refractivity contribution is 0.279. The minimum atomic E-state index is -4.04. The van der Waals surface area contributed by atoms with Crippen molar-refractivity contribution in [2.24, 2.45) is 0 Å². The molecule has 0 saturated heterocycles. The molecule has 7 heteroatoms. The predicted octanol–water partition coefficient (Wildman–Crippen LogP) is 3.04. The van der Waals surface area contributed by atoms with E-state index in [1.165, 1.54) is 26.0 Å². The lowest BCUT2D eigenvalue weighted by atomic mass is 10.1. The molecule has 0 N–H and O–H groups in total. The second-order valence-corrected chi connectivity index (χ2v) is 7.98. The summed E-state index contributed by atoms with van der Waals surface area (Å²) in [6.07, 6.45) is 1.39. The Hall–Kier alpha value is -0.970. The first-order valence-electron chi connectivity index (χ1n) is 6.11. The maximum absolute atomic E-state index is 14.0. The number of nitriles is 1. The number of sulfonamides is 1. The fourth-order valence-electron chi connectivity index (χ4n) is 2.10. The van der Waals surface area contributed by atoms with Crippen LogP contribution in [0.3, 0.4) is 0 Å². The molecule has 0 aliphatic heterocycles. The highest BCUT2D eigenvalue weighted by Gasteiger charge is 2.47. The highest BCUT2D eigenvalue weighted by molar-refractivity contribution is 9.10. The molecule has 1 aromatic carbocycles. The topological polar surface area (TPSA) is 61.2 Å². The van der Waals surface area contributed by atoms with Crippen molar-refractivity contribution in [1.82, 2.24) is 4.31 Å². The van der Waals surface area contributed by atoms with Gasteiger partial charge in [0.2, 0.25) is 10.0 Å². The van der Waals surface area contributed by atoms with Gasteiger partial charge >= 0.3 is 0 Å². The molecule has 0 spiro atoms. The number of rotatable bonds is 4. The van der Waals surface area contributed by atoms with E-state index in [0.717, 1.165) is 10.4 Å². The van der Waals surface area contributed by atoms with Gasteiger partial charge in [0, 0.05) is 10.5 Å². The third kappa shape index (κ3) is 2.73. The van der Waals surface area contributed by atoms with Gasteiger partial charge in [-0.3, -0.25) is 0 Å². The van der Waals surface area contributed by atoms with Crippen molar-refractivity contribution in [2.45, 2.75) is 43.2 Å². The fraction of sp³-hybridized carbons (Fsp3) is 0.462. The Kier molecular flexibility index (Phi) is 3.93. The van der Waals surface area contributed by atoms with E-state index in [9.17, 15) is 18.1 Å². The van der Waals surface area contributed by atoms with Crippen LogP contribution in [0.15, 0.2) is 27.6 Å². The normalized spacial score (nSPS) is 16.2. The van der Waals surface area contributed by atoms with Gasteiger partial charge in [0.05, 0.1) is 6.07 Å². The van der Waals surface area contributed by atoms with E-state index in [-0.39, 0.29) is 6.04 Å². The van der Waals surface area contributed by atoms with Gasteiger partial charge in [0.15, 0.2) is 0 Å². The number of halogens is 2. The summed E-state index contributed by atoms with van der Waals surface area (Å²) in [4.78, 5) is -0.393. The summed E-state index contributed by atoms with van der Waals surface area (Å²) in [7, 11) is -4.04. The molecule has 1 aromatic rings. The van der Waals surface area contributed by atoms with Gasteiger partial charge in [0.25, 0.3) is 0 Å². The molecule has 1 aliphatic rings. The van der Waals surface area contributed by atoms with Crippen LogP contribution in [0.1, 0.15) is 26.7 Å². The zero-order valence-electron chi connectivity index (χ0n) is 11.1. The van der Waals surface area contributed by atoms with Crippen molar-refractivity contribution >= 4 is 26.0 Å². The zero-order valence-corrected chi connectivity index (χ0v) is 13.5. The molecule has 0 amide bonds. The van der Waals surface area contributed by atoms with E-state index in [1.807, 2.05) is 6.07 Å². The maximum Gasteiger partial charge on any atom is 0.247 e. The lowest BCUT2D eigenvalue weighted by Crippen LogP contribution is -2.48. The van der Waals surface area contributed by atoms with Gasteiger partial charge in [-0.1, -0.05) is 15.9 Å². The fourth-order valence-corrected chi connectivity index (χ4v) is 4.44. The monoisotopic (exact) mass is 360 g/mol. The molecule has 20 heavy (non-hydrogen) atoms. The summed E-state index contributed by atoms with van der Waals surface area (Å²) in [6, 6.07) is 5.56. The Morgan fingerprint density at radius 3 is 2.50 bits per heavy atom. The van der Waals surface area contributed by atoms with Crippen LogP contribution < -0.4 is 0 Å². The van der Waals surface area contributed by atoms with Gasteiger partial charge < -0.3 is 0 Å². The van der Waals surface area contributed by atoms with Crippen LogP contribution in [0.25, 0.3) is 0 Å². The van der Waals surface area contributed by atoms with Crippen LogP contribution in [-0.2, 0) is 10.0 Å². The van der Waals surface area contributed by atoms with Gasteiger partial charge in [-0.05, 0) is 44.9 Å². The Labute approximate surface area is 126 Å². The molecule has 1 saturated carbocycles. The average Bonchev–Trinajstić information content (AvgIpc) is 3.12. The minimum absolute atomic E-state index is 0.224. The van der Waals surface area contributed by atoms with Crippen LogP contribution in [-0.4, -0.2) is 24.3 Å². The third-order valence-electron chi connectivity index (χ3n) is 3.13. The number of hydrogen-bond donors (Lipinski definition) is 0. The largest absolute Gasteiger partial charge is 0.247 e. The molecule has 4 nitrogen and oxygen atoms in total. The van der Waals surface area contributed by atoms with Crippen molar-refractivity contribution in [2.75, 3.05) is 0 Å². The summed E-state index contributed by atoms with van der Waals surface area (Å²) in [5.74, 6) is -0.821. The summed E-state index contributed by atoms with van der Waals surface area (Å²) in [5.41, 5.74) is -1.21. The molecule has 0 radical (unpaired) electrons. The van der Waals surface area contributed by atoms with Crippen LogP contribution in [0, 0.1) is 17.1 Å². The summed E-state index contributed by atoms with van der Waals surface area (Å²) in [6.45, 7) is 3.05. The van der Waals surface area contributed by atoms with Crippen LogP contribution in [0.4, 0.5) is 4.39 Å². The van der Waals surface area contributed by atoms with E-state index in [0.29, 0.717) is 17.3 Å². The molecular formula is C13H14BrFN2O2S. The molecule has 108 valence electrons. The Morgan fingerprint density at radius 2 is 2.05 bits per heavy atom. The van der Waals surface area contributed by atoms with Gasteiger partial charge in [-0.2, -0.15) is 9.57 Å². The molecule has 1 aliphatic carbocycles. The minimum Gasteiger partial charge on any atom is -0.207 e. The molecule has 2 rings (SSSR count). The second kappa shape index (κ2) is 5.10. The highest BCUT2D eigenvalue weighted by Crippen LogP contribution is 2.38. The average molecular weight is 361 g/mol. The molecule has 0 heterocycles. The Morgan fingerprint density at radius 1 is 1.45 bits per heavy atom. The Bertz CT molecular complexity index is 678. The van der Waals surface area contributed by atoms with Gasteiger partial charge in [-0.25, -0.2) is 12.8 Å². The van der Waals surface area contributed by atoms with Crippen molar-refractivity contribution in [3.63, 3.8) is 0 Å². The summed E-state index contributed by atoms with van der Waals surface area (Å²) >= 11 is 3.09. The standard InChI is InChI=1S/C13H14BrFN2O2S/c1-13(2,8-16)17(10-4-5-10)20(18,19)12-6-3-9(14)7-11(12)15/h3,6-7,10H,4-5H2,1-2H3. The SMILES string of the molecule is CC(C)(C#N)N(C1CC1)S(=O)(=O)c1ccc(Br)cc1F. The molecular weight excluding hydrogens is 347 g/mol. The molecule has 0 bridgehead atoms. The smallest absolute Gasteiger partial charge is 0.207 e. The molecule has 0 aromatic heterocycles. The highest BCUT2D eigenvalue weighted by atomic mass is 79.9. The zero-order chi connectivity index (χ0) is 15.1. The first-order valence-corrected chi connectivity index (χ1v) is 8.34. The molecule has 0 atom stereocenters. The van der Waals surface area contributed by atoms with E-state index >= 15 is 0 Å². The Balaban J connectivity index is 2.55. The number of benzene rings is 1. The van der Waals surface area contributed by atoms with Crippen molar-refractivity contribution in [3.05, 3.63) is 28.5 Å². The third-order valence-corrected chi connectivity index (χ3v) is 5.79. The molecule has 0 unspecified atom stereocenters. The van der Waals surface area contributed by atoms with E-state index in [4.69, 9.17) is 0 Å². The van der Waals surface area contributed by atoms with Crippen LogP contribution in [0.5, 0.6) is 0 Å². The van der Waals surface area contributed by atoms with E-state index in [1.54, 1.807) is 0 Å².